The molecule has 3 amide bonds. The van der Waals surface area contributed by atoms with Crippen LogP contribution in [0.15, 0.2) is 18.2 Å². The second-order valence-electron chi connectivity index (χ2n) is 5.74. The zero-order valence-electron chi connectivity index (χ0n) is 12.3. The minimum absolute atomic E-state index is 0.269. The van der Waals surface area contributed by atoms with Crippen LogP contribution in [-0.4, -0.2) is 41.6 Å². The largest absolute Gasteiger partial charge is 0.480 e. The number of aliphatic carboxylic acids is 1. The number of benzene rings is 1. The summed E-state index contributed by atoms with van der Waals surface area (Å²) in [6.45, 7) is 0.893. The van der Waals surface area contributed by atoms with Crippen LogP contribution in [0.1, 0.15) is 29.6 Å². The van der Waals surface area contributed by atoms with E-state index in [9.17, 15) is 23.9 Å². The Bertz CT molecular complexity index is 687. The van der Waals surface area contributed by atoms with Crippen LogP contribution in [0.3, 0.4) is 0 Å². The monoisotopic (exact) mass is 321 g/mol. The Morgan fingerprint density at radius 2 is 2.09 bits per heavy atom. The number of halogens is 1. The van der Waals surface area contributed by atoms with Crippen molar-refractivity contribution in [3.63, 3.8) is 0 Å². The molecule has 1 aromatic rings. The molecule has 1 saturated heterocycles. The molecule has 0 spiro atoms. The molecule has 2 aliphatic rings. The van der Waals surface area contributed by atoms with Crippen LogP contribution in [0.25, 0.3) is 0 Å². The van der Waals surface area contributed by atoms with E-state index in [2.05, 4.69) is 10.6 Å². The molecule has 0 atom stereocenters. The summed E-state index contributed by atoms with van der Waals surface area (Å²) in [5.74, 6) is -2.66. The van der Waals surface area contributed by atoms with Crippen molar-refractivity contribution in [2.24, 2.45) is 0 Å². The number of nitrogens with one attached hydrogen (secondary N) is 2. The number of amides is 3. The standard InChI is InChI=1S/C15H16FN3O4/c16-11-3-2-9(19-7-6-17-14(19)23)8-10(11)12(20)18-15(13(21)22)4-1-5-15/h2-3,8H,1,4-7H2,(H,17,23)(H,18,20)(H,21,22). The van der Waals surface area contributed by atoms with Crippen LogP contribution in [0.2, 0.25) is 0 Å². The van der Waals surface area contributed by atoms with E-state index in [4.69, 9.17) is 0 Å². The maximum absolute atomic E-state index is 14.0. The predicted octanol–water partition coefficient (Wildman–Crippen LogP) is 1.09. The van der Waals surface area contributed by atoms with Crippen molar-refractivity contribution in [1.82, 2.24) is 10.6 Å². The van der Waals surface area contributed by atoms with Gasteiger partial charge >= 0.3 is 12.0 Å². The number of carboxylic acid groups (broad SMARTS) is 1. The highest BCUT2D eigenvalue weighted by Gasteiger charge is 2.46. The lowest BCUT2D eigenvalue weighted by atomic mass is 9.76. The fourth-order valence-electron chi connectivity index (χ4n) is 2.78. The molecule has 3 rings (SSSR count). The van der Waals surface area contributed by atoms with Gasteiger partial charge in [-0.3, -0.25) is 9.69 Å². The fourth-order valence-corrected chi connectivity index (χ4v) is 2.78. The lowest BCUT2D eigenvalue weighted by Gasteiger charge is -2.38. The van der Waals surface area contributed by atoms with Crippen LogP contribution < -0.4 is 15.5 Å². The van der Waals surface area contributed by atoms with Gasteiger partial charge in [0, 0.05) is 18.8 Å². The van der Waals surface area contributed by atoms with Gasteiger partial charge in [-0.2, -0.15) is 0 Å². The van der Waals surface area contributed by atoms with Crippen molar-refractivity contribution in [3.05, 3.63) is 29.6 Å². The maximum atomic E-state index is 14.0. The number of hydrogen-bond donors (Lipinski definition) is 3. The second kappa shape index (κ2) is 5.53. The van der Waals surface area contributed by atoms with Crippen LogP contribution >= 0.6 is 0 Å². The third-order valence-electron chi connectivity index (χ3n) is 4.33. The summed E-state index contributed by atoms with van der Waals surface area (Å²) in [5.41, 5.74) is -1.19. The summed E-state index contributed by atoms with van der Waals surface area (Å²) in [6, 6.07) is 3.46. The molecule has 7 nitrogen and oxygen atoms in total. The molecule has 23 heavy (non-hydrogen) atoms. The minimum Gasteiger partial charge on any atom is -0.480 e. The average molecular weight is 321 g/mol. The van der Waals surface area contributed by atoms with Crippen molar-refractivity contribution in [3.8, 4) is 0 Å². The summed E-state index contributed by atoms with van der Waals surface area (Å²) >= 11 is 0. The normalized spacial score (nSPS) is 19.0. The van der Waals surface area contributed by atoms with Crippen molar-refractivity contribution in [2.45, 2.75) is 24.8 Å². The first kappa shape index (κ1) is 15.3. The lowest BCUT2D eigenvalue weighted by Crippen LogP contribution is -2.59. The number of nitrogens with zero attached hydrogens (tertiary/aromatic N) is 1. The van der Waals surface area contributed by atoms with Crippen molar-refractivity contribution >= 4 is 23.6 Å². The quantitative estimate of drug-likeness (QED) is 0.773. The lowest BCUT2D eigenvalue weighted by molar-refractivity contribution is -0.148. The van der Waals surface area contributed by atoms with E-state index < -0.39 is 23.2 Å². The topological polar surface area (TPSA) is 98.7 Å². The first-order valence-electron chi connectivity index (χ1n) is 7.34. The van der Waals surface area contributed by atoms with Crippen molar-refractivity contribution in [1.29, 1.82) is 0 Å². The van der Waals surface area contributed by atoms with Crippen LogP contribution in [0, 0.1) is 5.82 Å². The van der Waals surface area contributed by atoms with E-state index in [0.29, 0.717) is 38.0 Å². The van der Waals surface area contributed by atoms with E-state index in [1.807, 2.05) is 0 Å². The summed E-state index contributed by atoms with van der Waals surface area (Å²) in [6.07, 6.45) is 1.34. The zero-order chi connectivity index (χ0) is 16.6. The van der Waals surface area contributed by atoms with Gasteiger partial charge in [-0.1, -0.05) is 0 Å². The molecular formula is C15H16FN3O4. The second-order valence-corrected chi connectivity index (χ2v) is 5.74. The molecule has 0 aromatic heterocycles. The van der Waals surface area contributed by atoms with E-state index in [1.54, 1.807) is 0 Å². The van der Waals surface area contributed by atoms with Gasteiger partial charge in [0.05, 0.1) is 5.56 Å². The maximum Gasteiger partial charge on any atom is 0.329 e. The molecular weight excluding hydrogens is 305 g/mol. The molecule has 122 valence electrons. The van der Waals surface area contributed by atoms with Crippen molar-refractivity contribution < 1.29 is 23.9 Å². The molecule has 1 aromatic carbocycles. The summed E-state index contributed by atoms with van der Waals surface area (Å²) < 4.78 is 14.0. The molecule has 0 bridgehead atoms. The van der Waals surface area contributed by atoms with Gasteiger partial charge in [0.15, 0.2) is 0 Å². The fraction of sp³-hybridized carbons (Fsp3) is 0.400. The molecule has 1 aliphatic heterocycles. The first-order valence-corrected chi connectivity index (χ1v) is 7.34. The van der Waals surface area contributed by atoms with Gasteiger partial charge in [0.25, 0.3) is 5.91 Å². The highest BCUT2D eigenvalue weighted by Crippen LogP contribution is 2.32. The Kier molecular flexibility index (Phi) is 3.67. The van der Waals surface area contributed by atoms with E-state index in [-0.39, 0.29) is 11.6 Å². The van der Waals surface area contributed by atoms with Crippen LogP contribution in [-0.2, 0) is 4.79 Å². The molecule has 1 aliphatic carbocycles. The number of urea groups is 1. The molecule has 1 heterocycles. The Hall–Kier alpha value is -2.64. The zero-order valence-corrected chi connectivity index (χ0v) is 12.3. The van der Waals surface area contributed by atoms with Crippen LogP contribution in [0.4, 0.5) is 14.9 Å². The molecule has 3 N–H and O–H groups in total. The van der Waals surface area contributed by atoms with Gasteiger partial charge < -0.3 is 15.7 Å². The number of anilines is 1. The van der Waals surface area contributed by atoms with Crippen LogP contribution in [0.5, 0.6) is 0 Å². The third kappa shape index (κ3) is 2.60. The number of hydrogen-bond acceptors (Lipinski definition) is 3. The van der Waals surface area contributed by atoms with Gasteiger partial charge in [0.1, 0.15) is 11.4 Å². The Morgan fingerprint density at radius 1 is 1.35 bits per heavy atom. The minimum atomic E-state index is -1.31. The van der Waals surface area contributed by atoms with E-state index in [0.717, 1.165) is 6.07 Å². The summed E-state index contributed by atoms with van der Waals surface area (Å²) in [4.78, 5) is 36.7. The SMILES string of the molecule is O=C(NC1(C(=O)O)CCC1)c1cc(N2CCNC2=O)ccc1F. The number of carbonyl (C=O) groups is 3. The smallest absolute Gasteiger partial charge is 0.329 e. The van der Waals surface area contributed by atoms with Gasteiger partial charge in [-0.15, -0.1) is 0 Å². The van der Waals surface area contributed by atoms with E-state index in [1.165, 1.54) is 17.0 Å². The van der Waals surface area contributed by atoms with Gasteiger partial charge in [0.2, 0.25) is 0 Å². The average Bonchev–Trinajstić information content (AvgIpc) is 2.89. The number of carboxylic acids is 1. The first-order chi connectivity index (χ1) is 10.9. The molecule has 0 unspecified atom stereocenters. The Morgan fingerprint density at radius 3 is 2.61 bits per heavy atom. The highest BCUT2D eigenvalue weighted by molar-refractivity contribution is 6.00. The Balaban J connectivity index is 1.85. The molecule has 2 fully saturated rings. The van der Waals surface area contributed by atoms with Gasteiger partial charge in [-0.25, -0.2) is 14.0 Å². The predicted molar refractivity (Wildman–Crippen MR) is 78.8 cm³/mol. The molecule has 0 radical (unpaired) electrons. The number of rotatable bonds is 4. The van der Waals surface area contributed by atoms with E-state index >= 15 is 0 Å². The third-order valence-corrected chi connectivity index (χ3v) is 4.33. The highest BCUT2D eigenvalue weighted by atomic mass is 19.1. The number of carbonyl (C=O) groups excluding carboxylic acids is 2. The summed E-state index contributed by atoms with van der Waals surface area (Å²) in [5, 5.41) is 14.3. The Labute approximate surface area is 131 Å². The van der Waals surface area contributed by atoms with Crippen molar-refractivity contribution in [2.75, 3.05) is 18.0 Å². The molecule has 1 saturated carbocycles. The summed E-state index contributed by atoms with van der Waals surface area (Å²) in [7, 11) is 0. The van der Waals surface area contributed by atoms with Gasteiger partial charge in [-0.05, 0) is 37.5 Å². The molecule has 8 heteroatoms.